The highest BCUT2D eigenvalue weighted by Crippen LogP contribution is 2.37. The molecule has 0 radical (unpaired) electrons. The van der Waals surface area contributed by atoms with Crippen molar-refractivity contribution in [1.82, 2.24) is 9.88 Å². The zero-order valence-electron chi connectivity index (χ0n) is 12.4. The van der Waals surface area contributed by atoms with Crippen molar-refractivity contribution in [2.24, 2.45) is 0 Å². The first-order valence-corrected chi connectivity index (χ1v) is 7.62. The van der Waals surface area contributed by atoms with Gasteiger partial charge in [0.2, 0.25) is 0 Å². The summed E-state index contributed by atoms with van der Waals surface area (Å²) in [5.41, 5.74) is 0.0538. The zero-order valence-corrected chi connectivity index (χ0v) is 12.4. The Bertz CT molecular complexity index is 427. The lowest BCUT2D eigenvalue weighted by molar-refractivity contribution is -0.0489. The van der Waals surface area contributed by atoms with Crippen LogP contribution >= 0.6 is 0 Å². The second-order valence-corrected chi connectivity index (χ2v) is 6.26. The van der Waals surface area contributed by atoms with E-state index in [-0.39, 0.29) is 11.7 Å². The molecule has 2 aliphatic heterocycles. The first kappa shape index (κ1) is 13.8. The highest BCUT2D eigenvalue weighted by atomic mass is 16.6. The van der Waals surface area contributed by atoms with Gasteiger partial charge >= 0.3 is 0 Å². The molecular weight excluding hydrogens is 252 g/mol. The molecule has 0 aliphatic carbocycles. The minimum Gasteiger partial charge on any atom is -0.486 e. The number of ether oxygens (including phenoxy) is 2. The molecule has 3 heterocycles. The first-order valence-electron chi connectivity index (χ1n) is 7.62. The average Bonchev–Trinajstić information content (AvgIpc) is 2.83. The summed E-state index contributed by atoms with van der Waals surface area (Å²) < 4.78 is 12.1. The summed E-state index contributed by atoms with van der Waals surface area (Å²) in [6.07, 6.45) is 6.96. The minimum absolute atomic E-state index is 0.0538. The van der Waals surface area contributed by atoms with Crippen LogP contribution in [0, 0.1) is 0 Å². The minimum atomic E-state index is 0.0538. The second kappa shape index (κ2) is 5.70. The molecule has 1 aromatic heterocycles. The summed E-state index contributed by atoms with van der Waals surface area (Å²) >= 11 is 0. The topological polar surface area (TPSA) is 34.6 Å². The van der Waals surface area contributed by atoms with Crippen molar-refractivity contribution in [3.05, 3.63) is 24.5 Å². The molecule has 0 aromatic carbocycles. The maximum absolute atomic E-state index is 6.12. The van der Waals surface area contributed by atoms with E-state index in [2.05, 4.69) is 23.7 Å². The molecule has 0 bridgehead atoms. The maximum atomic E-state index is 6.12. The van der Waals surface area contributed by atoms with Crippen LogP contribution in [-0.4, -0.2) is 47.3 Å². The van der Waals surface area contributed by atoms with E-state index in [0.29, 0.717) is 12.6 Å². The molecule has 110 valence electrons. The molecule has 0 N–H and O–H groups in total. The Kier molecular flexibility index (Phi) is 3.94. The third-order valence-corrected chi connectivity index (χ3v) is 4.55. The molecule has 1 atom stereocenters. The Hall–Kier alpha value is -1.13. The van der Waals surface area contributed by atoms with Crippen LogP contribution in [-0.2, 0) is 4.74 Å². The Labute approximate surface area is 121 Å². The lowest BCUT2D eigenvalue weighted by atomic mass is 9.87. The van der Waals surface area contributed by atoms with Crippen LogP contribution in [0.15, 0.2) is 24.5 Å². The zero-order chi connectivity index (χ0) is 14.0. The maximum Gasteiger partial charge on any atom is 0.138 e. The lowest BCUT2D eigenvalue weighted by Crippen LogP contribution is -2.46. The van der Waals surface area contributed by atoms with Crippen molar-refractivity contribution in [3.8, 4) is 5.75 Å². The highest BCUT2D eigenvalue weighted by Gasteiger charge is 2.43. The third-order valence-electron chi connectivity index (χ3n) is 4.55. The van der Waals surface area contributed by atoms with E-state index in [1.807, 2.05) is 12.1 Å². The summed E-state index contributed by atoms with van der Waals surface area (Å²) in [5, 5.41) is 0. The average molecular weight is 276 g/mol. The molecular formula is C16H24N2O2. The van der Waals surface area contributed by atoms with Crippen LogP contribution in [0.5, 0.6) is 5.75 Å². The number of hydrogen-bond donors (Lipinski definition) is 0. The molecule has 2 aliphatic rings. The van der Waals surface area contributed by atoms with E-state index in [1.165, 1.54) is 0 Å². The first-order chi connectivity index (χ1) is 9.67. The van der Waals surface area contributed by atoms with Crippen molar-refractivity contribution >= 4 is 0 Å². The molecule has 2 fully saturated rings. The number of piperidine rings is 1. The lowest BCUT2D eigenvalue weighted by Gasteiger charge is -2.40. The number of likely N-dealkylation sites (tertiary alicyclic amines) is 1. The number of aromatic nitrogens is 1. The van der Waals surface area contributed by atoms with Gasteiger partial charge in [-0.3, -0.25) is 4.98 Å². The largest absolute Gasteiger partial charge is 0.486 e. The van der Waals surface area contributed by atoms with Crippen LogP contribution in [0.25, 0.3) is 0 Å². The summed E-state index contributed by atoms with van der Waals surface area (Å²) in [4.78, 5) is 6.62. The van der Waals surface area contributed by atoms with E-state index in [0.717, 1.165) is 38.1 Å². The highest BCUT2D eigenvalue weighted by molar-refractivity contribution is 5.16. The Balaban J connectivity index is 1.55. The fourth-order valence-electron chi connectivity index (χ4n) is 3.28. The van der Waals surface area contributed by atoms with Gasteiger partial charge in [0.15, 0.2) is 0 Å². The van der Waals surface area contributed by atoms with Gasteiger partial charge in [0.1, 0.15) is 11.9 Å². The molecule has 4 nitrogen and oxygen atoms in total. The predicted molar refractivity (Wildman–Crippen MR) is 77.9 cm³/mol. The monoisotopic (exact) mass is 276 g/mol. The van der Waals surface area contributed by atoms with Gasteiger partial charge in [-0.2, -0.15) is 0 Å². The molecule has 2 saturated heterocycles. The molecule has 0 saturated carbocycles. The van der Waals surface area contributed by atoms with Crippen LogP contribution in [0.1, 0.15) is 33.1 Å². The Morgan fingerprint density at radius 1 is 1.40 bits per heavy atom. The van der Waals surface area contributed by atoms with Gasteiger partial charge in [0.05, 0.1) is 18.4 Å². The van der Waals surface area contributed by atoms with Crippen molar-refractivity contribution < 1.29 is 9.47 Å². The van der Waals surface area contributed by atoms with Gasteiger partial charge in [-0.25, -0.2) is 0 Å². The number of rotatable bonds is 3. The van der Waals surface area contributed by atoms with Crippen LogP contribution < -0.4 is 4.74 Å². The van der Waals surface area contributed by atoms with E-state index in [1.54, 1.807) is 12.4 Å². The standard InChI is InChI=1S/C16H24N2O2/c1-13(2)18-8-5-16(6-9-18)10-15(12-19-16)20-14-4-3-7-17-11-14/h3-4,7,11,13,15H,5-6,8-10,12H2,1-2H3. The van der Waals surface area contributed by atoms with Crippen molar-refractivity contribution in [2.45, 2.75) is 50.9 Å². The van der Waals surface area contributed by atoms with Gasteiger partial charge in [0.25, 0.3) is 0 Å². The molecule has 1 spiro atoms. The van der Waals surface area contributed by atoms with Crippen molar-refractivity contribution in [1.29, 1.82) is 0 Å². The van der Waals surface area contributed by atoms with Crippen LogP contribution in [0.3, 0.4) is 0 Å². The van der Waals surface area contributed by atoms with E-state index < -0.39 is 0 Å². The second-order valence-electron chi connectivity index (χ2n) is 6.26. The van der Waals surface area contributed by atoms with Gasteiger partial charge in [0, 0.05) is 31.7 Å². The smallest absolute Gasteiger partial charge is 0.138 e. The normalized spacial score (nSPS) is 26.2. The van der Waals surface area contributed by atoms with Crippen molar-refractivity contribution in [3.63, 3.8) is 0 Å². The number of nitrogens with zero attached hydrogens (tertiary/aromatic N) is 2. The van der Waals surface area contributed by atoms with E-state index >= 15 is 0 Å². The SMILES string of the molecule is CC(C)N1CCC2(CC1)CC(Oc1cccnc1)CO2. The van der Waals surface area contributed by atoms with Crippen LogP contribution in [0.2, 0.25) is 0 Å². The number of pyridine rings is 1. The van der Waals surface area contributed by atoms with E-state index in [4.69, 9.17) is 9.47 Å². The van der Waals surface area contributed by atoms with Gasteiger partial charge in [-0.15, -0.1) is 0 Å². The van der Waals surface area contributed by atoms with Crippen molar-refractivity contribution in [2.75, 3.05) is 19.7 Å². The van der Waals surface area contributed by atoms with Gasteiger partial charge in [-0.05, 0) is 38.8 Å². The molecule has 0 amide bonds. The predicted octanol–water partition coefficient (Wildman–Crippen LogP) is 2.49. The fraction of sp³-hybridized carbons (Fsp3) is 0.688. The summed E-state index contributed by atoms with van der Waals surface area (Å²) in [5.74, 6) is 0.845. The van der Waals surface area contributed by atoms with E-state index in [9.17, 15) is 0 Å². The molecule has 3 rings (SSSR count). The Morgan fingerprint density at radius 3 is 2.85 bits per heavy atom. The quantitative estimate of drug-likeness (QED) is 0.849. The number of hydrogen-bond acceptors (Lipinski definition) is 4. The molecule has 20 heavy (non-hydrogen) atoms. The summed E-state index contributed by atoms with van der Waals surface area (Å²) in [6.45, 7) is 7.51. The summed E-state index contributed by atoms with van der Waals surface area (Å²) in [6, 6.07) is 4.50. The summed E-state index contributed by atoms with van der Waals surface area (Å²) in [7, 11) is 0. The molecule has 1 unspecified atom stereocenters. The Morgan fingerprint density at radius 2 is 2.20 bits per heavy atom. The molecule has 1 aromatic rings. The van der Waals surface area contributed by atoms with Gasteiger partial charge in [-0.1, -0.05) is 0 Å². The third kappa shape index (κ3) is 2.96. The molecule has 4 heteroatoms. The fourth-order valence-corrected chi connectivity index (χ4v) is 3.28. The van der Waals surface area contributed by atoms with Crippen LogP contribution in [0.4, 0.5) is 0 Å². The van der Waals surface area contributed by atoms with Gasteiger partial charge < -0.3 is 14.4 Å².